The smallest absolute Gasteiger partial charge is 0.126 e. The van der Waals surface area contributed by atoms with Crippen molar-refractivity contribution in [3.63, 3.8) is 0 Å². The number of hydrogen-bond acceptors (Lipinski definition) is 2. The van der Waals surface area contributed by atoms with Gasteiger partial charge in [-0.05, 0) is 50.1 Å². The standard InChI is InChI=1S/C17H26FNO/c1-5-9-19-15-11-16(17(15,4)6-2)20-13-7-8-14(18)12(3)10-13/h7-8,10,15-16,19H,5-6,9,11H2,1-4H3. The minimum atomic E-state index is -0.174. The van der Waals surface area contributed by atoms with Gasteiger partial charge in [-0.15, -0.1) is 0 Å². The molecule has 0 amide bonds. The Morgan fingerprint density at radius 3 is 2.75 bits per heavy atom. The summed E-state index contributed by atoms with van der Waals surface area (Å²) < 4.78 is 19.4. The van der Waals surface area contributed by atoms with Crippen LogP contribution in [0.25, 0.3) is 0 Å². The van der Waals surface area contributed by atoms with E-state index in [1.54, 1.807) is 19.1 Å². The molecular weight excluding hydrogens is 253 g/mol. The number of ether oxygens (including phenoxy) is 1. The first-order chi connectivity index (χ1) is 9.51. The van der Waals surface area contributed by atoms with E-state index in [2.05, 4.69) is 26.1 Å². The van der Waals surface area contributed by atoms with Crippen molar-refractivity contribution in [2.24, 2.45) is 5.41 Å². The molecule has 1 saturated carbocycles. The van der Waals surface area contributed by atoms with E-state index < -0.39 is 0 Å². The zero-order valence-corrected chi connectivity index (χ0v) is 13.0. The molecular formula is C17H26FNO. The van der Waals surface area contributed by atoms with Crippen molar-refractivity contribution in [2.45, 2.75) is 59.1 Å². The molecule has 3 unspecified atom stereocenters. The molecule has 112 valence electrons. The lowest BCUT2D eigenvalue weighted by Gasteiger charge is -2.53. The van der Waals surface area contributed by atoms with Gasteiger partial charge in [0.1, 0.15) is 17.7 Å². The number of nitrogens with one attached hydrogen (secondary N) is 1. The molecule has 20 heavy (non-hydrogen) atoms. The SMILES string of the molecule is CCCNC1CC(Oc2ccc(F)c(C)c2)C1(C)CC. The van der Waals surface area contributed by atoms with Crippen LogP contribution >= 0.6 is 0 Å². The molecule has 0 radical (unpaired) electrons. The molecule has 0 saturated heterocycles. The first-order valence-electron chi connectivity index (χ1n) is 7.67. The predicted octanol–water partition coefficient (Wildman–Crippen LogP) is 4.07. The molecule has 3 atom stereocenters. The monoisotopic (exact) mass is 279 g/mol. The highest BCUT2D eigenvalue weighted by atomic mass is 19.1. The summed E-state index contributed by atoms with van der Waals surface area (Å²) in [4.78, 5) is 0. The molecule has 1 aliphatic carbocycles. The molecule has 1 aromatic rings. The van der Waals surface area contributed by atoms with Gasteiger partial charge >= 0.3 is 0 Å². The average Bonchev–Trinajstić information content (AvgIpc) is 2.44. The van der Waals surface area contributed by atoms with Gasteiger partial charge in [0.2, 0.25) is 0 Å². The third kappa shape index (κ3) is 2.83. The van der Waals surface area contributed by atoms with Crippen LogP contribution in [0, 0.1) is 18.2 Å². The first kappa shape index (κ1) is 15.3. The average molecular weight is 279 g/mol. The minimum Gasteiger partial charge on any atom is -0.490 e. The van der Waals surface area contributed by atoms with Crippen molar-refractivity contribution >= 4 is 0 Å². The summed E-state index contributed by atoms with van der Waals surface area (Å²) in [7, 11) is 0. The van der Waals surface area contributed by atoms with Crippen LogP contribution in [0.15, 0.2) is 18.2 Å². The van der Waals surface area contributed by atoms with E-state index in [4.69, 9.17) is 4.74 Å². The molecule has 1 aliphatic rings. The Balaban J connectivity index is 2.01. The predicted molar refractivity (Wildman–Crippen MR) is 80.6 cm³/mol. The fraction of sp³-hybridized carbons (Fsp3) is 0.647. The van der Waals surface area contributed by atoms with E-state index in [1.165, 1.54) is 6.07 Å². The van der Waals surface area contributed by atoms with Gasteiger partial charge in [0, 0.05) is 17.9 Å². The Morgan fingerprint density at radius 2 is 2.15 bits per heavy atom. The second kappa shape index (κ2) is 6.13. The lowest BCUT2D eigenvalue weighted by atomic mass is 9.61. The molecule has 0 aromatic heterocycles. The maximum Gasteiger partial charge on any atom is 0.126 e. The van der Waals surface area contributed by atoms with Crippen molar-refractivity contribution in [2.75, 3.05) is 6.54 Å². The molecule has 2 rings (SSSR count). The molecule has 3 heteroatoms. The van der Waals surface area contributed by atoms with Crippen LogP contribution in [0.4, 0.5) is 4.39 Å². The van der Waals surface area contributed by atoms with Crippen LogP contribution in [0.1, 0.15) is 45.6 Å². The van der Waals surface area contributed by atoms with E-state index in [0.29, 0.717) is 11.6 Å². The largest absolute Gasteiger partial charge is 0.490 e. The lowest BCUT2D eigenvalue weighted by Crippen LogP contribution is -2.63. The Hall–Kier alpha value is -1.09. The summed E-state index contributed by atoms with van der Waals surface area (Å²) in [5.41, 5.74) is 0.804. The summed E-state index contributed by atoms with van der Waals surface area (Å²) >= 11 is 0. The Kier molecular flexibility index (Phi) is 4.69. The van der Waals surface area contributed by atoms with E-state index in [-0.39, 0.29) is 17.3 Å². The van der Waals surface area contributed by atoms with E-state index >= 15 is 0 Å². The summed E-state index contributed by atoms with van der Waals surface area (Å²) in [6.45, 7) is 9.51. The highest BCUT2D eigenvalue weighted by Gasteiger charge is 2.51. The molecule has 1 aromatic carbocycles. The number of rotatable bonds is 6. The van der Waals surface area contributed by atoms with Crippen LogP contribution in [0.2, 0.25) is 0 Å². The Bertz CT molecular complexity index is 462. The second-order valence-corrected chi connectivity index (χ2v) is 6.12. The Morgan fingerprint density at radius 1 is 1.40 bits per heavy atom. The number of benzene rings is 1. The van der Waals surface area contributed by atoms with Gasteiger partial charge < -0.3 is 10.1 Å². The fourth-order valence-corrected chi connectivity index (χ4v) is 2.96. The third-order valence-electron chi connectivity index (χ3n) is 4.79. The van der Waals surface area contributed by atoms with Gasteiger partial charge in [-0.25, -0.2) is 4.39 Å². The number of hydrogen-bond donors (Lipinski definition) is 1. The molecule has 0 spiro atoms. The van der Waals surface area contributed by atoms with Crippen molar-refractivity contribution in [1.82, 2.24) is 5.32 Å². The topological polar surface area (TPSA) is 21.3 Å². The zero-order valence-electron chi connectivity index (χ0n) is 13.0. The van der Waals surface area contributed by atoms with Crippen LogP contribution in [0.3, 0.4) is 0 Å². The van der Waals surface area contributed by atoms with Gasteiger partial charge in [-0.3, -0.25) is 0 Å². The number of aryl methyl sites for hydroxylation is 1. The van der Waals surface area contributed by atoms with Crippen molar-refractivity contribution in [3.8, 4) is 5.75 Å². The lowest BCUT2D eigenvalue weighted by molar-refractivity contribution is -0.0701. The van der Waals surface area contributed by atoms with Crippen LogP contribution < -0.4 is 10.1 Å². The van der Waals surface area contributed by atoms with Gasteiger partial charge in [0.05, 0.1) is 0 Å². The maximum atomic E-state index is 13.3. The summed E-state index contributed by atoms with van der Waals surface area (Å²) in [6, 6.07) is 5.53. The summed E-state index contributed by atoms with van der Waals surface area (Å²) in [5.74, 6) is 0.606. The zero-order chi connectivity index (χ0) is 14.8. The molecule has 0 aliphatic heterocycles. The van der Waals surface area contributed by atoms with Crippen molar-refractivity contribution in [1.29, 1.82) is 0 Å². The summed E-state index contributed by atoms with van der Waals surface area (Å²) in [5, 5.41) is 3.61. The fourth-order valence-electron chi connectivity index (χ4n) is 2.96. The molecule has 1 fully saturated rings. The summed E-state index contributed by atoms with van der Waals surface area (Å²) in [6.07, 6.45) is 3.48. The van der Waals surface area contributed by atoms with Crippen molar-refractivity contribution < 1.29 is 9.13 Å². The van der Waals surface area contributed by atoms with Crippen LogP contribution in [-0.2, 0) is 0 Å². The molecule has 1 N–H and O–H groups in total. The second-order valence-electron chi connectivity index (χ2n) is 6.12. The highest BCUT2D eigenvalue weighted by Crippen LogP contribution is 2.46. The normalized spacial score (nSPS) is 29.1. The van der Waals surface area contributed by atoms with Gasteiger partial charge in [0.25, 0.3) is 0 Å². The molecule has 2 nitrogen and oxygen atoms in total. The molecule has 0 bridgehead atoms. The Labute approximate surface area is 121 Å². The van der Waals surface area contributed by atoms with E-state index in [9.17, 15) is 4.39 Å². The van der Waals surface area contributed by atoms with Gasteiger partial charge in [0.15, 0.2) is 0 Å². The van der Waals surface area contributed by atoms with Gasteiger partial charge in [-0.2, -0.15) is 0 Å². The van der Waals surface area contributed by atoms with Crippen LogP contribution in [-0.4, -0.2) is 18.7 Å². The number of halogens is 1. The highest BCUT2D eigenvalue weighted by molar-refractivity contribution is 5.29. The quantitative estimate of drug-likeness (QED) is 0.847. The van der Waals surface area contributed by atoms with E-state index in [1.807, 2.05) is 0 Å². The third-order valence-corrected chi connectivity index (χ3v) is 4.79. The molecule has 0 heterocycles. The first-order valence-corrected chi connectivity index (χ1v) is 7.67. The van der Waals surface area contributed by atoms with Crippen LogP contribution in [0.5, 0.6) is 5.75 Å². The van der Waals surface area contributed by atoms with E-state index in [0.717, 1.165) is 31.6 Å². The maximum absolute atomic E-state index is 13.3. The van der Waals surface area contributed by atoms with Crippen molar-refractivity contribution in [3.05, 3.63) is 29.6 Å². The van der Waals surface area contributed by atoms with Gasteiger partial charge in [-0.1, -0.05) is 20.8 Å². The minimum absolute atomic E-state index is 0.164.